The first-order valence-electron chi connectivity index (χ1n) is 10.1. The van der Waals surface area contributed by atoms with Gasteiger partial charge < -0.3 is 15.7 Å². The van der Waals surface area contributed by atoms with Crippen molar-refractivity contribution < 1.29 is 5.11 Å². The summed E-state index contributed by atoms with van der Waals surface area (Å²) in [6, 6.07) is 9.04. The largest absolute Gasteiger partial charge is 0.387 e. The molecular weight excluding hydrogens is 340 g/mol. The number of H-pyrrole nitrogens is 1. The van der Waals surface area contributed by atoms with Crippen LogP contribution in [0.5, 0.6) is 0 Å². The molecule has 2 aromatic rings. The van der Waals surface area contributed by atoms with Gasteiger partial charge in [0.1, 0.15) is 0 Å². The number of nitrogens with zero attached hydrogens (tertiary/aromatic N) is 4. The lowest BCUT2D eigenvalue weighted by molar-refractivity contribution is -0.00637. The molecule has 2 fully saturated rings. The summed E-state index contributed by atoms with van der Waals surface area (Å²) in [6.45, 7) is 5.03. The number of aryl methyl sites for hydroxylation is 1. The second-order valence-electron chi connectivity index (χ2n) is 7.91. The first kappa shape index (κ1) is 18.3. The fourth-order valence-electron chi connectivity index (χ4n) is 4.58. The van der Waals surface area contributed by atoms with Gasteiger partial charge in [-0.3, -0.25) is 9.88 Å². The van der Waals surface area contributed by atoms with E-state index in [-0.39, 0.29) is 6.04 Å². The maximum Gasteiger partial charge on any atom is 0.226 e. The van der Waals surface area contributed by atoms with E-state index in [2.05, 4.69) is 56.2 Å². The number of aliphatic hydroxyl groups is 1. The molecular formula is C20H30N6O. The van der Waals surface area contributed by atoms with E-state index in [1.165, 1.54) is 18.4 Å². The van der Waals surface area contributed by atoms with Gasteiger partial charge in [-0.2, -0.15) is 0 Å². The van der Waals surface area contributed by atoms with Gasteiger partial charge in [-0.1, -0.05) is 36.2 Å². The SMILES string of the molecule is Cc1ccc(C(O)C2CCCCN2C2CCN(c3nnc(N)[nH]3)CC2)cc1. The van der Waals surface area contributed by atoms with Crippen LogP contribution >= 0.6 is 0 Å². The Kier molecular flexibility index (Phi) is 5.31. The number of aromatic amines is 1. The zero-order valence-corrected chi connectivity index (χ0v) is 16.0. The molecule has 0 bridgehead atoms. The molecule has 7 nitrogen and oxygen atoms in total. The number of aromatic nitrogens is 3. The first-order valence-corrected chi connectivity index (χ1v) is 10.1. The monoisotopic (exact) mass is 370 g/mol. The molecule has 0 aliphatic carbocycles. The highest BCUT2D eigenvalue weighted by atomic mass is 16.3. The van der Waals surface area contributed by atoms with E-state index < -0.39 is 6.10 Å². The van der Waals surface area contributed by atoms with Crippen LogP contribution in [-0.2, 0) is 0 Å². The lowest BCUT2D eigenvalue weighted by Crippen LogP contribution is -2.53. The Balaban J connectivity index is 1.42. The van der Waals surface area contributed by atoms with Gasteiger partial charge in [0, 0.05) is 25.2 Å². The van der Waals surface area contributed by atoms with Crippen molar-refractivity contribution >= 4 is 11.9 Å². The van der Waals surface area contributed by atoms with E-state index in [4.69, 9.17) is 5.73 Å². The molecule has 4 N–H and O–H groups in total. The minimum atomic E-state index is -0.419. The number of nitrogens with two attached hydrogens (primary N) is 1. The van der Waals surface area contributed by atoms with Crippen LogP contribution in [0.3, 0.4) is 0 Å². The number of nitrogens with one attached hydrogen (secondary N) is 1. The molecule has 27 heavy (non-hydrogen) atoms. The molecule has 0 spiro atoms. The highest BCUT2D eigenvalue weighted by molar-refractivity contribution is 5.34. The highest BCUT2D eigenvalue weighted by Crippen LogP contribution is 2.33. The van der Waals surface area contributed by atoms with E-state index in [1.807, 2.05) is 0 Å². The first-order chi connectivity index (χ1) is 13.1. The Morgan fingerprint density at radius 1 is 1.07 bits per heavy atom. The van der Waals surface area contributed by atoms with Crippen molar-refractivity contribution in [2.24, 2.45) is 0 Å². The van der Waals surface area contributed by atoms with E-state index >= 15 is 0 Å². The smallest absolute Gasteiger partial charge is 0.226 e. The average molecular weight is 371 g/mol. The maximum absolute atomic E-state index is 11.1. The number of piperidine rings is 2. The Bertz CT molecular complexity index is 737. The quantitative estimate of drug-likeness (QED) is 0.764. The highest BCUT2D eigenvalue weighted by Gasteiger charge is 2.35. The van der Waals surface area contributed by atoms with Crippen molar-refractivity contribution in [3.05, 3.63) is 35.4 Å². The summed E-state index contributed by atoms with van der Waals surface area (Å²) in [6.07, 6.45) is 5.19. The molecule has 3 heterocycles. The van der Waals surface area contributed by atoms with Crippen molar-refractivity contribution in [3.8, 4) is 0 Å². The number of hydrogen-bond acceptors (Lipinski definition) is 6. The van der Waals surface area contributed by atoms with Crippen LogP contribution in [0.2, 0.25) is 0 Å². The Morgan fingerprint density at radius 2 is 1.81 bits per heavy atom. The molecule has 0 saturated carbocycles. The maximum atomic E-state index is 11.1. The topological polar surface area (TPSA) is 94.3 Å². The van der Waals surface area contributed by atoms with Gasteiger partial charge in [0.2, 0.25) is 11.9 Å². The van der Waals surface area contributed by atoms with Gasteiger partial charge in [-0.05, 0) is 44.7 Å². The molecule has 0 amide bonds. The zero-order valence-electron chi connectivity index (χ0n) is 16.0. The number of aliphatic hydroxyl groups excluding tert-OH is 1. The summed E-state index contributed by atoms with van der Waals surface area (Å²) >= 11 is 0. The van der Waals surface area contributed by atoms with Gasteiger partial charge in [-0.25, -0.2) is 0 Å². The lowest BCUT2D eigenvalue weighted by atomic mass is 9.89. The van der Waals surface area contributed by atoms with Crippen LogP contribution in [0.1, 0.15) is 49.3 Å². The van der Waals surface area contributed by atoms with Crippen LogP contribution < -0.4 is 10.6 Å². The van der Waals surface area contributed by atoms with E-state index in [9.17, 15) is 5.11 Å². The van der Waals surface area contributed by atoms with Crippen LogP contribution in [0, 0.1) is 6.92 Å². The van der Waals surface area contributed by atoms with Crippen molar-refractivity contribution in [2.75, 3.05) is 30.3 Å². The minimum absolute atomic E-state index is 0.207. The van der Waals surface area contributed by atoms with Gasteiger partial charge in [0.25, 0.3) is 0 Å². The summed E-state index contributed by atoms with van der Waals surface area (Å²) in [4.78, 5) is 7.81. The van der Waals surface area contributed by atoms with Crippen molar-refractivity contribution in [1.82, 2.24) is 20.1 Å². The number of nitrogen functional groups attached to an aromatic ring is 1. The molecule has 146 valence electrons. The average Bonchev–Trinajstić information content (AvgIpc) is 3.14. The molecule has 1 aromatic heterocycles. The van der Waals surface area contributed by atoms with Gasteiger partial charge in [0.05, 0.1) is 6.10 Å². The molecule has 2 saturated heterocycles. The van der Waals surface area contributed by atoms with Gasteiger partial charge in [0.15, 0.2) is 0 Å². The minimum Gasteiger partial charge on any atom is -0.387 e. The van der Waals surface area contributed by atoms with Crippen LogP contribution in [0.25, 0.3) is 0 Å². The Morgan fingerprint density at radius 3 is 2.48 bits per heavy atom. The number of rotatable bonds is 4. The van der Waals surface area contributed by atoms with Crippen LogP contribution in [0.4, 0.5) is 11.9 Å². The second-order valence-corrected chi connectivity index (χ2v) is 7.91. The predicted octanol–water partition coefficient (Wildman–Crippen LogP) is 2.25. The number of benzene rings is 1. The Hall–Kier alpha value is -2.12. The number of likely N-dealkylation sites (tertiary alicyclic amines) is 1. The van der Waals surface area contributed by atoms with E-state index in [0.29, 0.717) is 12.0 Å². The summed E-state index contributed by atoms with van der Waals surface area (Å²) in [7, 11) is 0. The number of hydrogen-bond donors (Lipinski definition) is 3. The summed E-state index contributed by atoms with van der Waals surface area (Å²) in [5.41, 5.74) is 7.92. The third-order valence-electron chi connectivity index (χ3n) is 6.10. The van der Waals surface area contributed by atoms with Crippen molar-refractivity contribution in [3.63, 3.8) is 0 Å². The fraction of sp³-hybridized carbons (Fsp3) is 0.600. The van der Waals surface area contributed by atoms with Gasteiger partial charge >= 0.3 is 0 Å². The zero-order chi connectivity index (χ0) is 18.8. The van der Waals surface area contributed by atoms with E-state index in [0.717, 1.165) is 50.4 Å². The molecule has 0 radical (unpaired) electrons. The Labute approximate surface area is 160 Å². The fourth-order valence-corrected chi connectivity index (χ4v) is 4.58. The third kappa shape index (κ3) is 3.94. The van der Waals surface area contributed by atoms with Crippen LogP contribution in [-0.4, -0.2) is 56.9 Å². The van der Waals surface area contributed by atoms with Gasteiger partial charge in [-0.15, -0.1) is 10.2 Å². The standard InChI is InChI=1S/C20H30N6O/c1-14-5-7-15(8-6-14)18(27)17-4-2-3-11-26(17)16-9-12-25(13-10-16)20-22-19(21)23-24-20/h5-8,16-18,27H,2-4,9-13H2,1H3,(H3,21,22,23,24). The normalized spacial score (nSPS) is 23.5. The summed E-state index contributed by atoms with van der Waals surface area (Å²) < 4.78 is 0. The van der Waals surface area contributed by atoms with Crippen molar-refractivity contribution in [2.45, 2.75) is 57.2 Å². The van der Waals surface area contributed by atoms with Crippen molar-refractivity contribution in [1.29, 1.82) is 0 Å². The molecule has 2 aliphatic heterocycles. The number of anilines is 2. The lowest BCUT2D eigenvalue weighted by Gasteiger charge is -2.46. The summed E-state index contributed by atoms with van der Waals surface area (Å²) in [5.74, 6) is 1.13. The molecule has 2 unspecified atom stereocenters. The predicted molar refractivity (Wildman–Crippen MR) is 107 cm³/mol. The van der Waals surface area contributed by atoms with Crippen LogP contribution in [0.15, 0.2) is 24.3 Å². The van der Waals surface area contributed by atoms with E-state index in [1.54, 1.807) is 0 Å². The molecule has 1 aromatic carbocycles. The third-order valence-corrected chi connectivity index (χ3v) is 6.10. The molecule has 7 heteroatoms. The molecule has 2 atom stereocenters. The molecule has 4 rings (SSSR count). The second kappa shape index (κ2) is 7.86. The summed E-state index contributed by atoms with van der Waals surface area (Å²) in [5, 5.41) is 19.1. The molecule has 2 aliphatic rings.